The maximum absolute atomic E-state index is 5.76. The molecule has 0 saturated carbocycles. The third kappa shape index (κ3) is 4.69. The monoisotopic (exact) mass is 337 g/mol. The molecule has 108 valence electrons. The van der Waals surface area contributed by atoms with Crippen LogP contribution in [0.25, 0.3) is 0 Å². The van der Waals surface area contributed by atoms with Gasteiger partial charge in [-0.1, -0.05) is 29.8 Å². The van der Waals surface area contributed by atoms with Crippen molar-refractivity contribution in [1.29, 1.82) is 0 Å². The fraction of sp³-hybridized carbons (Fsp3) is 0.375. The smallest absolute Gasteiger partial charge is 0.124 e. The van der Waals surface area contributed by atoms with E-state index in [0.29, 0.717) is 12.5 Å². The lowest BCUT2D eigenvalue weighted by Crippen LogP contribution is -2.19. The molecule has 0 saturated heterocycles. The molecule has 0 unspecified atom stereocenters. The minimum absolute atomic E-state index is 0.525. The van der Waals surface area contributed by atoms with E-state index in [1.807, 2.05) is 30.3 Å². The van der Waals surface area contributed by atoms with Crippen molar-refractivity contribution < 1.29 is 9.15 Å². The largest absolute Gasteiger partial charge is 0.489 e. The maximum atomic E-state index is 5.76. The van der Waals surface area contributed by atoms with Gasteiger partial charge < -0.3 is 14.5 Å². The predicted molar refractivity (Wildman–Crippen MR) is 83.7 cm³/mol. The highest BCUT2D eigenvalue weighted by Crippen LogP contribution is 2.19. The second kappa shape index (κ2) is 7.50. The van der Waals surface area contributed by atoms with E-state index in [4.69, 9.17) is 9.15 Å². The minimum Gasteiger partial charge on any atom is -0.489 e. The molecule has 20 heavy (non-hydrogen) atoms. The summed E-state index contributed by atoms with van der Waals surface area (Å²) in [6, 6.07) is 9.79. The van der Waals surface area contributed by atoms with E-state index in [2.05, 4.69) is 35.1 Å². The molecule has 2 rings (SSSR count). The van der Waals surface area contributed by atoms with E-state index in [-0.39, 0.29) is 0 Å². The maximum Gasteiger partial charge on any atom is 0.124 e. The summed E-state index contributed by atoms with van der Waals surface area (Å²) >= 11 is 3.41. The van der Waals surface area contributed by atoms with Crippen molar-refractivity contribution in [3.8, 4) is 5.75 Å². The van der Waals surface area contributed by atoms with Crippen molar-refractivity contribution in [3.05, 3.63) is 52.4 Å². The van der Waals surface area contributed by atoms with Gasteiger partial charge in [-0.25, -0.2) is 0 Å². The molecule has 4 heteroatoms. The van der Waals surface area contributed by atoms with Crippen LogP contribution in [0.15, 0.2) is 45.5 Å². The van der Waals surface area contributed by atoms with Gasteiger partial charge in [-0.3, -0.25) is 0 Å². The standard InChI is InChI=1S/C16H20BrNO2/c1-12(2)9-18-10-16-13(7-8-19-16)11-20-15-5-3-14(17)4-6-15/h3-8,12,18H,9-11H2,1-2H3. The topological polar surface area (TPSA) is 34.4 Å². The second-order valence-electron chi connectivity index (χ2n) is 5.14. The summed E-state index contributed by atoms with van der Waals surface area (Å²) in [5, 5.41) is 3.38. The number of hydrogen-bond donors (Lipinski definition) is 1. The van der Waals surface area contributed by atoms with Crippen LogP contribution in [0.5, 0.6) is 5.75 Å². The Labute approximate surface area is 128 Å². The number of benzene rings is 1. The van der Waals surface area contributed by atoms with E-state index < -0.39 is 0 Å². The van der Waals surface area contributed by atoms with Crippen LogP contribution < -0.4 is 10.1 Å². The number of rotatable bonds is 7. The number of hydrogen-bond acceptors (Lipinski definition) is 3. The zero-order valence-electron chi connectivity index (χ0n) is 11.9. The molecule has 0 aliphatic carbocycles. The van der Waals surface area contributed by atoms with Crippen molar-refractivity contribution in [1.82, 2.24) is 5.32 Å². The summed E-state index contributed by atoms with van der Waals surface area (Å²) < 4.78 is 12.3. The molecule has 0 aliphatic rings. The van der Waals surface area contributed by atoms with Gasteiger partial charge in [0.25, 0.3) is 0 Å². The Kier molecular flexibility index (Phi) is 5.68. The van der Waals surface area contributed by atoms with Crippen LogP contribution >= 0.6 is 15.9 Å². The Morgan fingerprint density at radius 2 is 1.95 bits per heavy atom. The molecule has 2 aromatic rings. The Balaban J connectivity index is 1.86. The molecule has 1 aromatic carbocycles. The Morgan fingerprint density at radius 1 is 1.20 bits per heavy atom. The lowest BCUT2D eigenvalue weighted by atomic mass is 10.2. The quantitative estimate of drug-likeness (QED) is 0.814. The average Bonchev–Trinajstić information content (AvgIpc) is 2.85. The summed E-state index contributed by atoms with van der Waals surface area (Å²) in [5.74, 6) is 2.44. The highest BCUT2D eigenvalue weighted by molar-refractivity contribution is 9.10. The van der Waals surface area contributed by atoms with Gasteiger partial charge in [0.1, 0.15) is 18.1 Å². The van der Waals surface area contributed by atoms with E-state index in [1.54, 1.807) is 6.26 Å². The Hall–Kier alpha value is -1.26. The molecule has 0 radical (unpaired) electrons. The van der Waals surface area contributed by atoms with Gasteiger partial charge in [0.2, 0.25) is 0 Å². The zero-order chi connectivity index (χ0) is 14.4. The summed E-state index contributed by atoms with van der Waals surface area (Å²) in [6.07, 6.45) is 1.71. The van der Waals surface area contributed by atoms with Crippen molar-refractivity contribution in [2.45, 2.75) is 27.0 Å². The van der Waals surface area contributed by atoms with Crippen molar-refractivity contribution in [2.24, 2.45) is 5.92 Å². The van der Waals surface area contributed by atoms with Gasteiger partial charge in [-0.05, 0) is 42.8 Å². The molecular formula is C16H20BrNO2. The Bertz CT molecular complexity index is 520. The van der Waals surface area contributed by atoms with Crippen LogP contribution in [-0.4, -0.2) is 6.54 Å². The molecule has 1 aromatic heterocycles. The molecule has 0 aliphatic heterocycles. The molecule has 3 nitrogen and oxygen atoms in total. The number of halogens is 1. The fourth-order valence-corrected chi connectivity index (χ4v) is 2.08. The first kappa shape index (κ1) is 15.1. The first-order valence-electron chi connectivity index (χ1n) is 6.79. The average molecular weight is 338 g/mol. The number of nitrogens with one attached hydrogen (secondary N) is 1. The van der Waals surface area contributed by atoms with Crippen LogP contribution in [0.2, 0.25) is 0 Å². The van der Waals surface area contributed by atoms with E-state index >= 15 is 0 Å². The van der Waals surface area contributed by atoms with Gasteiger partial charge in [0, 0.05) is 10.0 Å². The SMILES string of the molecule is CC(C)CNCc1occc1COc1ccc(Br)cc1. The highest BCUT2D eigenvalue weighted by atomic mass is 79.9. The number of ether oxygens (including phenoxy) is 1. The van der Waals surface area contributed by atoms with Gasteiger partial charge in [0.05, 0.1) is 12.8 Å². The normalized spacial score (nSPS) is 11.0. The molecule has 1 heterocycles. The first-order chi connectivity index (χ1) is 9.65. The number of furan rings is 1. The van der Waals surface area contributed by atoms with Gasteiger partial charge >= 0.3 is 0 Å². The molecule has 0 bridgehead atoms. The molecule has 0 amide bonds. The molecule has 0 spiro atoms. The highest BCUT2D eigenvalue weighted by Gasteiger charge is 2.07. The summed E-state index contributed by atoms with van der Waals surface area (Å²) in [7, 11) is 0. The van der Waals surface area contributed by atoms with Crippen molar-refractivity contribution >= 4 is 15.9 Å². The third-order valence-corrected chi connectivity index (χ3v) is 3.41. The minimum atomic E-state index is 0.525. The summed E-state index contributed by atoms with van der Waals surface area (Å²) in [5.41, 5.74) is 1.09. The van der Waals surface area contributed by atoms with E-state index in [0.717, 1.165) is 34.6 Å². The van der Waals surface area contributed by atoms with Crippen LogP contribution in [0.4, 0.5) is 0 Å². The fourth-order valence-electron chi connectivity index (χ4n) is 1.82. The van der Waals surface area contributed by atoms with Gasteiger partial charge in [-0.15, -0.1) is 0 Å². The molecule has 1 N–H and O–H groups in total. The van der Waals surface area contributed by atoms with Crippen LogP contribution in [0, 0.1) is 5.92 Å². The third-order valence-electron chi connectivity index (χ3n) is 2.88. The molecule has 0 fully saturated rings. The molecule has 0 atom stereocenters. The second-order valence-corrected chi connectivity index (χ2v) is 6.05. The van der Waals surface area contributed by atoms with E-state index in [1.165, 1.54) is 0 Å². The van der Waals surface area contributed by atoms with Gasteiger partial charge in [0.15, 0.2) is 0 Å². The summed E-state index contributed by atoms with van der Waals surface area (Å²) in [6.45, 7) is 6.62. The van der Waals surface area contributed by atoms with Crippen LogP contribution in [-0.2, 0) is 13.2 Å². The van der Waals surface area contributed by atoms with Crippen molar-refractivity contribution in [2.75, 3.05) is 6.54 Å². The van der Waals surface area contributed by atoms with Gasteiger partial charge in [-0.2, -0.15) is 0 Å². The Morgan fingerprint density at radius 3 is 2.65 bits per heavy atom. The van der Waals surface area contributed by atoms with Crippen molar-refractivity contribution in [3.63, 3.8) is 0 Å². The van der Waals surface area contributed by atoms with E-state index in [9.17, 15) is 0 Å². The zero-order valence-corrected chi connectivity index (χ0v) is 13.4. The first-order valence-corrected chi connectivity index (χ1v) is 7.59. The lowest BCUT2D eigenvalue weighted by molar-refractivity contribution is 0.301. The lowest BCUT2D eigenvalue weighted by Gasteiger charge is -2.08. The van der Waals surface area contributed by atoms with Crippen LogP contribution in [0.3, 0.4) is 0 Å². The summed E-state index contributed by atoms with van der Waals surface area (Å²) in [4.78, 5) is 0. The molecular weight excluding hydrogens is 318 g/mol. The van der Waals surface area contributed by atoms with Crippen LogP contribution in [0.1, 0.15) is 25.2 Å². The predicted octanol–water partition coefficient (Wildman–Crippen LogP) is 4.37.